The first-order valence-electron chi connectivity index (χ1n) is 8.67. The van der Waals surface area contributed by atoms with E-state index in [-0.39, 0.29) is 0 Å². The lowest BCUT2D eigenvalue weighted by atomic mass is 9.97. The maximum Gasteiger partial charge on any atom is 0.448 e. The van der Waals surface area contributed by atoms with Crippen LogP contribution in [0.3, 0.4) is 0 Å². The summed E-state index contributed by atoms with van der Waals surface area (Å²) in [7, 11) is -6.91. The van der Waals surface area contributed by atoms with Crippen molar-refractivity contribution < 1.29 is 83.4 Å². The Morgan fingerprint density at radius 2 is 0.889 bits per heavy atom. The Balaban J connectivity index is 6.75. The molecule has 0 spiro atoms. The number of ether oxygens (including phenoxy) is 1. The summed E-state index contributed by atoms with van der Waals surface area (Å²) in [6, 6.07) is -3.33. The van der Waals surface area contributed by atoms with E-state index in [9.17, 15) is 78.7 Å². The van der Waals surface area contributed by atoms with Gasteiger partial charge in [0.25, 0.3) is 10.0 Å². The van der Waals surface area contributed by atoms with Gasteiger partial charge in [0.15, 0.2) is 0 Å². The molecule has 0 bridgehead atoms. The van der Waals surface area contributed by atoms with Crippen LogP contribution >= 0.6 is 11.6 Å². The zero-order valence-electron chi connectivity index (χ0n) is 17.7. The molecule has 0 saturated carbocycles. The van der Waals surface area contributed by atoms with Gasteiger partial charge in [-0.25, -0.2) is 13.2 Å². The standard InChI is InChI=1S/C14H14ClF16NO3S/c1-5(2)32(6(3)4)36(33,34)14(30,31)13(28,29)35-12(26,27)10(22,23)8(18,19)7(16,17)9(20,21)11(15,24)25/h5-6H,1-4H3. The fourth-order valence-electron chi connectivity index (χ4n) is 2.47. The minimum absolute atomic E-state index is 0.494. The third-order valence-corrected chi connectivity index (χ3v) is 6.64. The van der Waals surface area contributed by atoms with E-state index in [2.05, 4.69) is 11.6 Å². The molecule has 0 radical (unpaired) electrons. The zero-order valence-corrected chi connectivity index (χ0v) is 19.2. The molecular weight excluding hydrogens is 602 g/mol. The normalized spacial score (nSPS) is 16.4. The second-order valence-corrected chi connectivity index (χ2v) is 9.83. The average molecular weight is 616 g/mol. The Bertz CT molecular complexity index is 892. The molecule has 36 heavy (non-hydrogen) atoms. The summed E-state index contributed by atoms with van der Waals surface area (Å²) in [4.78, 5) is 0. The molecule has 4 nitrogen and oxygen atoms in total. The van der Waals surface area contributed by atoms with Gasteiger partial charge >= 0.3 is 46.5 Å². The third-order valence-electron chi connectivity index (χ3n) is 4.12. The van der Waals surface area contributed by atoms with Crippen molar-refractivity contribution in [1.29, 1.82) is 0 Å². The quantitative estimate of drug-likeness (QED) is 0.184. The lowest BCUT2D eigenvalue weighted by Crippen LogP contribution is -2.71. The van der Waals surface area contributed by atoms with Gasteiger partial charge in [0.05, 0.1) is 0 Å². The summed E-state index contributed by atoms with van der Waals surface area (Å²) in [5.74, 6) is -32.9. The van der Waals surface area contributed by atoms with Crippen LogP contribution in [0.25, 0.3) is 0 Å². The zero-order chi connectivity index (χ0) is 29.9. The Labute approximate surface area is 196 Å². The van der Waals surface area contributed by atoms with Crippen molar-refractivity contribution in [2.45, 2.75) is 86.3 Å². The Morgan fingerprint density at radius 1 is 0.583 bits per heavy atom. The maximum atomic E-state index is 14.1. The fraction of sp³-hybridized carbons (Fsp3) is 1.00. The predicted molar refractivity (Wildman–Crippen MR) is 87.5 cm³/mol. The number of halogens is 17. The van der Waals surface area contributed by atoms with Crippen LogP contribution in [-0.4, -0.2) is 71.4 Å². The van der Waals surface area contributed by atoms with Crippen molar-refractivity contribution in [1.82, 2.24) is 4.31 Å². The molecule has 22 heteroatoms. The molecule has 0 saturated heterocycles. The minimum atomic E-state index is -8.47. The van der Waals surface area contributed by atoms with Crippen molar-refractivity contribution in [3.8, 4) is 0 Å². The number of nitrogens with zero attached hydrogens (tertiary/aromatic N) is 1. The van der Waals surface area contributed by atoms with Crippen molar-refractivity contribution in [3.05, 3.63) is 0 Å². The van der Waals surface area contributed by atoms with E-state index in [1.807, 2.05) is 0 Å². The van der Waals surface area contributed by atoms with Crippen molar-refractivity contribution in [3.63, 3.8) is 0 Å². The molecule has 0 aliphatic heterocycles. The van der Waals surface area contributed by atoms with Gasteiger partial charge in [-0.15, -0.1) is 0 Å². The first-order chi connectivity index (χ1) is 15.2. The Morgan fingerprint density at radius 3 is 1.17 bits per heavy atom. The van der Waals surface area contributed by atoms with Crippen LogP contribution in [0.2, 0.25) is 0 Å². The maximum absolute atomic E-state index is 14.1. The van der Waals surface area contributed by atoms with Crippen LogP contribution in [0.15, 0.2) is 0 Å². The first-order valence-corrected chi connectivity index (χ1v) is 10.5. The first kappa shape index (κ1) is 35.0. The molecule has 0 atom stereocenters. The highest BCUT2D eigenvalue weighted by Gasteiger charge is 2.91. The second-order valence-electron chi connectivity index (χ2n) is 7.47. The number of hydrogen-bond donors (Lipinski definition) is 0. The summed E-state index contributed by atoms with van der Waals surface area (Å²) in [5.41, 5.74) is 0. The van der Waals surface area contributed by atoms with E-state index in [0.29, 0.717) is 0 Å². The van der Waals surface area contributed by atoms with Crippen molar-refractivity contribution in [2.24, 2.45) is 0 Å². The lowest BCUT2D eigenvalue weighted by molar-refractivity contribution is -0.498. The molecule has 0 N–H and O–H groups in total. The molecule has 0 heterocycles. The number of hydrogen-bond acceptors (Lipinski definition) is 3. The summed E-state index contributed by atoms with van der Waals surface area (Å²) >= 11 is 3.43. The highest BCUT2D eigenvalue weighted by molar-refractivity contribution is 7.90. The monoisotopic (exact) mass is 615 g/mol. The van der Waals surface area contributed by atoms with Crippen LogP contribution in [-0.2, 0) is 14.8 Å². The molecule has 0 unspecified atom stereocenters. The van der Waals surface area contributed by atoms with Crippen LogP contribution in [0.4, 0.5) is 70.2 Å². The second kappa shape index (κ2) is 9.35. The highest BCUT2D eigenvalue weighted by atomic mass is 35.5. The van der Waals surface area contributed by atoms with Gasteiger partial charge < -0.3 is 0 Å². The lowest BCUT2D eigenvalue weighted by Gasteiger charge is -2.41. The molecule has 0 amide bonds. The topological polar surface area (TPSA) is 46.6 Å². The number of alkyl halides is 17. The summed E-state index contributed by atoms with van der Waals surface area (Å²) < 4.78 is 239. The van der Waals surface area contributed by atoms with E-state index < -0.39 is 73.0 Å². The number of sulfonamides is 1. The molecule has 0 aromatic heterocycles. The van der Waals surface area contributed by atoms with E-state index in [0.717, 1.165) is 27.7 Å². The van der Waals surface area contributed by atoms with Gasteiger partial charge in [0.2, 0.25) is 0 Å². The molecule has 0 aromatic rings. The summed E-state index contributed by atoms with van der Waals surface area (Å²) in [5, 5.41) is -13.9. The molecule has 218 valence electrons. The molecule has 0 rings (SSSR count). The average Bonchev–Trinajstić information content (AvgIpc) is 2.57. The van der Waals surface area contributed by atoms with Gasteiger partial charge in [0, 0.05) is 12.1 Å². The van der Waals surface area contributed by atoms with Crippen LogP contribution < -0.4 is 0 Å². The Hall–Kier alpha value is -0.960. The molecule has 0 aliphatic carbocycles. The Kier molecular flexibility index (Phi) is 9.10. The molecule has 0 aliphatic rings. The third kappa shape index (κ3) is 5.04. The van der Waals surface area contributed by atoms with Gasteiger partial charge in [-0.05, 0) is 39.3 Å². The van der Waals surface area contributed by atoms with Crippen LogP contribution in [0, 0.1) is 0 Å². The van der Waals surface area contributed by atoms with E-state index >= 15 is 0 Å². The van der Waals surface area contributed by atoms with Crippen LogP contribution in [0.1, 0.15) is 27.7 Å². The molecule has 0 fully saturated rings. The fourth-order valence-corrected chi connectivity index (χ4v) is 4.31. The van der Waals surface area contributed by atoms with E-state index in [1.54, 1.807) is 4.74 Å². The van der Waals surface area contributed by atoms with E-state index in [1.165, 1.54) is 0 Å². The highest BCUT2D eigenvalue weighted by Crippen LogP contribution is 2.61. The van der Waals surface area contributed by atoms with Crippen molar-refractivity contribution in [2.75, 3.05) is 0 Å². The smallest absolute Gasteiger partial charge is 0.244 e. The number of rotatable bonds is 12. The SMILES string of the molecule is CC(C)N(C(C)C)S(=O)(=O)C(F)(F)C(F)(F)OC(F)(F)C(F)(F)C(F)(F)C(F)(F)C(F)(F)C(F)(F)Cl. The van der Waals surface area contributed by atoms with Gasteiger partial charge in [-0.2, -0.15) is 74.6 Å². The molecular formula is C14H14ClF16NO3S. The van der Waals surface area contributed by atoms with Gasteiger partial charge in [-0.3, -0.25) is 0 Å². The van der Waals surface area contributed by atoms with E-state index in [4.69, 9.17) is 0 Å². The van der Waals surface area contributed by atoms with Gasteiger partial charge in [-0.1, -0.05) is 0 Å². The minimum Gasteiger partial charge on any atom is -0.244 e. The van der Waals surface area contributed by atoms with Gasteiger partial charge in [0.1, 0.15) is 0 Å². The summed E-state index contributed by atoms with van der Waals surface area (Å²) in [6.07, 6.45) is -15.5. The van der Waals surface area contributed by atoms with Crippen molar-refractivity contribution >= 4 is 21.6 Å². The summed E-state index contributed by atoms with van der Waals surface area (Å²) in [6.45, 7) is 3.07. The molecule has 0 aromatic carbocycles. The van der Waals surface area contributed by atoms with Crippen LogP contribution in [0.5, 0.6) is 0 Å². The predicted octanol–water partition coefficient (Wildman–Crippen LogP) is 6.60. The largest absolute Gasteiger partial charge is 0.448 e.